The molecule has 0 aromatic heterocycles. The molecule has 6 nitrogen and oxygen atoms in total. The van der Waals surface area contributed by atoms with Crippen molar-refractivity contribution in [1.29, 1.82) is 0 Å². The Bertz CT molecular complexity index is 574. The number of para-hydroxylation sites is 1. The summed E-state index contributed by atoms with van der Waals surface area (Å²) >= 11 is 0. The number of carbonyl (C=O) groups excluding carboxylic acids is 2. The van der Waals surface area contributed by atoms with Gasteiger partial charge in [0, 0.05) is 24.1 Å². The summed E-state index contributed by atoms with van der Waals surface area (Å²) in [4.78, 5) is 24.3. The Kier molecular flexibility index (Phi) is 5.06. The van der Waals surface area contributed by atoms with Crippen LogP contribution >= 0.6 is 0 Å². The summed E-state index contributed by atoms with van der Waals surface area (Å²) in [6.07, 6.45) is 0.418. The van der Waals surface area contributed by atoms with Gasteiger partial charge in [0.15, 0.2) is 0 Å². The molecule has 2 unspecified atom stereocenters. The van der Waals surface area contributed by atoms with Gasteiger partial charge in [-0.15, -0.1) is 0 Å². The van der Waals surface area contributed by atoms with E-state index in [2.05, 4.69) is 10.6 Å². The van der Waals surface area contributed by atoms with Crippen LogP contribution in [0.15, 0.2) is 30.3 Å². The Labute approximate surface area is 136 Å². The van der Waals surface area contributed by atoms with Gasteiger partial charge < -0.3 is 21.1 Å². The molecule has 1 fully saturated rings. The van der Waals surface area contributed by atoms with Crippen molar-refractivity contribution < 1.29 is 14.3 Å². The van der Waals surface area contributed by atoms with Crippen LogP contribution in [0.2, 0.25) is 0 Å². The summed E-state index contributed by atoms with van der Waals surface area (Å²) in [5.74, 6) is -0.603. The normalized spacial score (nSPS) is 25.3. The molecule has 2 atom stereocenters. The quantitative estimate of drug-likeness (QED) is 0.736. The van der Waals surface area contributed by atoms with E-state index in [0.29, 0.717) is 18.7 Å². The first-order chi connectivity index (χ1) is 10.8. The molecule has 0 saturated heterocycles. The van der Waals surface area contributed by atoms with E-state index in [0.717, 1.165) is 0 Å². The van der Waals surface area contributed by atoms with E-state index >= 15 is 0 Å². The molecule has 0 heterocycles. The maximum Gasteiger partial charge on any atom is 0.243 e. The Morgan fingerprint density at radius 1 is 1.30 bits per heavy atom. The molecule has 4 N–H and O–H groups in total. The molecule has 0 bridgehead atoms. The molecular weight excluding hydrogens is 294 g/mol. The minimum absolute atomic E-state index is 0.0404. The molecule has 0 radical (unpaired) electrons. The fourth-order valence-corrected chi connectivity index (χ4v) is 2.87. The van der Waals surface area contributed by atoms with Crippen molar-refractivity contribution in [2.24, 2.45) is 11.1 Å². The fourth-order valence-electron chi connectivity index (χ4n) is 2.87. The van der Waals surface area contributed by atoms with Crippen LogP contribution in [0.1, 0.15) is 27.2 Å². The highest BCUT2D eigenvalue weighted by Gasteiger charge is 2.62. The number of rotatable bonds is 6. The van der Waals surface area contributed by atoms with Gasteiger partial charge in [0.05, 0.1) is 12.6 Å². The molecule has 2 rings (SSSR count). The average Bonchev–Trinajstić information content (AvgIpc) is 2.53. The second-order valence-electron chi connectivity index (χ2n) is 6.44. The van der Waals surface area contributed by atoms with Gasteiger partial charge in [-0.25, -0.2) is 0 Å². The highest BCUT2D eigenvalue weighted by Crippen LogP contribution is 2.49. The Balaban J connectivity index is 1.86. The summed E-state index contributed by atoms with van der Waals surface area (Å²) < 4.78 is 5.60. The van der Waals surface area contributed by atoms with Crippen LogP contribution in [0.5, 0.6) is 0 Å². The molecule has 1 aromatic rings. The number of anilines is 1. The Morgan fingerprint density at radius 3 is 2.52 bits per heavy atom. The van der Waals surface area contributed by atoms with E-state index in [1.165, 1.54) is 0 Å². The van der Waals surface area contributed by atoms with Gasteiger partial charge in [0.25, 0.3) is 0 Å². The molecule has 2 amide bonds. The summed E-state index contributed by atoms with van der Waals surface area (Å²) in [7, 11) is 0. The molecular formula is C17H25N3O3. The van der Waals surface area contributed by atoms with E-state index in [4.69, 9.17) is 10.5 Å². The zero-order chi connectivity index (χ0) is 17.1. The summed E-state index contributed by atoms with van der Waals surface area (Å²) in [6, 6.07) is 9.09. The van der Waals surface area contributed by atoms with Crippen molar-refractivity contribution in [2.75, 3.05) is 18.5 Å². The first kappa shape index (κ1) is 17.4. The van der Waals surface area contributed by atoms with Crippen LogP contribution in [0.3, 0.4) is 0 Å². The second kappa shape index (κ2) is 6.68. The average molecular weight is 319 g/mol. The first-order valence-corrected chi connectivity index (χ1v) is 7.85. The molecule has 6 heteroatoms. The van der Waals surface area contributed by atoms with Crippen molar-refractivity contribution in [3.8, 4) is 0 Å². The van der Waals surface area contributed by atoms with E-state index in [9.17, 15) is 9.59 Å². The lowest BCUT2D eigenvalue weighted by molar-refractivity contribution is -0.170. The SMILES string of the molecule is CCOC1CC(N)(C(=O)NCC(=O)Nc2ccccc2)C1(C)C. The highest BCUT2D eigenvalue weighted by molar-refractivity contribution is 5.96. The van der Waals surface area contributed by atoms with E-state index in [1.54, 1.807) is 12.1 Å². The van der Waals surface area contributed by atoms with Crippen LogP contribution in [0, 0.1) is 5.41 Å². The smallest absolute Gasteiger partial charge is 0.243 e. The van der Waals surface area contributed by atoms with Crippen LogP contribution in [-0.4, -0.2) is 36.6 Å². The monoisotopic (exact) mass is 319 g/mol. The third kappa shape index (κ3) is 3.38. The standard InChI is InChI=1S/C17H25N3O3/c1-4-23-13-10-17(18,16(13,2)3)15(22)19-11-14(21)20-12-8-6-5-7-9-12/h5-9,13H,4,10-11,18H2,1-3H3,(H,19,22)(H,20,21). The van der Waals surface area contributed by atoms with Crippen molar-refractivity contribution >= 4 is 17.5 Å². The maximum atomic E-state index is 12.4. The van der Waals surface area contributed by atoms with Gasteiger partial charge in [-0.05, 0) is 19.1 Å². The van der Waals surface area contributed by atoms with Gasteiger partial charge in [-0.2, -0.15) is 0 Å². The second-order valence-corrected chi connectivity index (χ2v) is 6.44. The van der Waals surface area contributed by atoms with Crippen LogP contribution in [0.4, 0.5) is 5.69 Å². The predicted molar refractivity (Wildman–Crippen MR) is 88.8 cm³/mol. The zero-order valence-corrected chi connectivity index (χ0v) is 13.9. The van der Waals surface area contributed by atoms with E-state index in [1.807, 2.05) is 39.0 Å². The van der Waals surface area contributed by atoms with Crippen molar-refractivity contribution in [3.63, 3.8) is 0 Å². The van der Waals surface area contributed by atoms with Crippen molar-refractivity contribution in [1.82, 2.24) is 5.32 Å². The highest BCUT2D eigenvalue weighted by atomic mass is 16.5. The van der Waals surface area contributed by atoms with Crippen molar-refractivity contribution in [3.05, 3.63) is 30.3 Å². The minimum Gasteiger partial charge on any atom is -0.378 e. The third-order valence-corrected chi connectivity index (χ3v) is 4.70. The molecule has 0 spiro atoms. The van der Waals surface area contributed by atoms with Gasteiger partial charge in [0.1, 0.15) is 5.54 Å². The van der Waals surface area contributed by atoms with Gasteiger partial charge in [-0.1, -0.05) is 32.0 Å². The van der Waals surface area contributed by atoms with E-state index in [-0.39, 0.29) is 24.5 Å². The Hall–Kier alpha value is -1.92. The number of benzene rings is 1. The lowest BCUT2D eigenvalue weighted by Gasteiger charge is -2.57. The number of hydrogen-bond donors (Lipinski definition) is 3. The van der Waals surface area contributed by atoms with Crippen molar-refractivity contribution in [2.45, 2.75) is 38.8 Å². The summed E-state index contributed by atoms with van der Waals surface area (Å²) in [5, 5.41) is 5.35. The molecule has 1 saturated carbocycles. The number of nitrogens with two attached hydrogens (primary N) is 1. The van der Waals surface area contributed by atoms with Crippen LogP contribution < -0.4 is 16.4 Å². The predicted octanol–water partition coefficient (Wildman–Crippen LogP) is 1.27. The first-order valence-electron chi connectivity index (χ1n) is 7.85. The third-order valence-electron chi connectivity index (χ3n) is 4.70. The summed E-state index contributed by atoms with van der Waals surface area (Å²) in [6.45, 7) is 6.23. The number of ether oxygens (including phenoxy) is 1. The molecule has 0 aliphatic heterocycles. The largest absolute Gasteiger partial charge is 0.378 e. The minimum atomic E-state index is -1.01. The molecule has 1 aliphatic carbocycles. The number of nitrogens with one attached hydrogen (secondary N) is 2. The lowest BCUT2D eigenvalue weighted by Crippen LogP contribution is -2.76. The maximum absolute atomic E-state index is 12.4. The molecule has 1 aliphatic rings. The molecule has 126 valence electrons. The fraction of sp³-hybridized carbons (Fsp3) is 0.529. The Morgan fingerprint density at radius 2 is 1.96 bits per heavy atom. The summed E-state index contributed by atoms with van der Waals surface area (Å²) in [5.41, 5.74) is 5.47. The van der Waals surface area contributed by atoms with Gasteiger partial charge >= 0.3 is 0 Å². The van der Waals surface area contributed by atoms with E-state index < -0.39 is 11.0 Å². The van der Waals surface area contributed by atoms with Gasteiger partial charge in [-0.3, -0.25) is 9.59 Å². The molecule has 23 heavy (non-hydrogen) atoms. The molecule has 1 aromatic carbocycles. The number of amides is 2. The zero-order valence-electron chi connectivity index (χ0n) is 13.9. The topological polar surface area (TPSA) is 93.4 Å². The lowest BCUT2D eigenvalue weighted by atomic mass is 9.54. The van der Waals surface area contributed by atoms with Gasteiger partial charge in [0.2, 0.25) is 11.8 Å². The number of carbonyl (C=O) groups is 2. The number of hydrogen-bond acceptors (Lipinski definition) is 4. The van der Waals surface area contributed by atoms with Crippen LogP contribution in [0.25, 0.3) is 0 Å². The van der Waals surface area contributed by atoms with Crippen LogP contribution in [-0.2, 0) is 14.3 Å².